The molecule has 88 valence electrons. The molecule has 1 fully saturated rings. The van der Waals surface area contributed by atoms with Crippen LogP contribution in [0.25, 0.3) is 0 Å². The van der Waals surface area contributed by atoms with Crippen molar-refractivity contribution in [3.05, 3.63) is 22.7 Å². The van der Waals surface area contributed by atoms with Gasteiger partial charge in [-0.15, -0.1) is 0 Å². The zero-order chi connectivity index (χ0) is 11.8. The number of aromatic nitrogens is 2. The number of nitrogens with zero attached hydrogens (tertiary/aromatic N) is 3. The lowest BCUT2D eigenvalue weighted by Crippen LogP contribution is -2.59. The molecule has 0 radical (unpaired) electrons. The van der Waals surface area contributed by atoms with Crippen LogP contribution < -0.4 is 15.8 Å². The first-order valence-electron chi connectivity index (χ1n) is 5.52. The third-order valence-corrected chi connectivity index (χ3v) is 3.05. The van der Waals surface area contributed by atoms with Crippen molar-refractivity contribution < 1.29 is 0 Å². The Bertz CT molecular complexity index is 438. The van der Waals surface area contributed by atoms with Crippen LogP contribution in [0.5, 0.6) is 0 Å². The van der Waals surface area contributed by atoms with Crippen LogP contribution in [0.3, 0.4) is 0 Å². The van der Waals surface area contributed by atoms with Crippen LogP contribution in [0, 0.1) is 0 Å². The molecular formula is C11H18N4O. The van der Waals surface area contributed by atoms with Crippen LogP contribution in [0.1, 0.15) is 13.8 Å². The van der Waals surface area contributed by atoms with Crippen LogP contribution >= 0.6 is 0 Å². The van der Waals surface area contributed by atoms with Gasteiger partial charge in [0.25, 0.3) is 5.56 Å². The van der Waals surface area contributed by atoms with Crippen LogP contribution in [0.4, 0.5) is 5.82 Å². The molecule has 1 aliphatic rings. The molecular weight excluding hydrogens is 204 g/mol. The molecule has 0 bridgehead atoms. The molecule has 2 rings (SSSR count). The lowest BCUT2D eigenvalue weighted by molar-refractivity contribution is 0.376. The normalized spacial score (nSPS) is 19.8. The minimum atomic E-state index is -0.0707. The summed E-state index contributed by atoms with van der Waals surface area (Å²) >= 11 is 0. The van der Waals surface area contributed by atoms with Gasteiger partial charge in [0.1, 0.15) is 0 Å². The lowest BCUT2D eigenvalue weighted by Gasteiger charge is -2.43. The van der Waals surface area contributed by atoms with E-state index in [9.17, 15) is 4.79 Å². The minimum Gasteiger partial charge on any atom is -0.344 e. The smallest absolute Gasteiger partial charge is 0.293 e. The summed E-state index contributed by atoms with van der Waals surface area (Å²) in [6, 6.07) is 0. The highest BCUT2D eigenvalue weighted by atomic mass is 16.1. The summed E-state index contributed by atoms with van der Waals surface area (Å²) in [5, 5.41) is 3.33. The van der Waals surface area contributed by atoms with Crippen LogP contribution in [0.2, 0.25) is 0 Å². The van der Waals surface area contributed by atoms with E-state index in [0.717, 1.165) is 19.6 Å². The Balaban J connectivity index is 2.43. The number of anilines is 1. The molecule has 5 heteroatoms. The number of nitrogens with one attached hydrogen (secondary N) is 1. The second kappa shape index (κ2) is 3.90. The highest BCUT2D eigenvalue weighted by Crippen LogP contribution is 2.20. The van der Waals surface area contributed by atoms with Crippen LogP contribution in [-0.2, 0) is 7.05 Å². The highest BCUT2D eigenvalue weighted by molar-refractivity contribution is 5.40. The fourth-order valence-corrected chi connectivity index (χ4v) is 2.05. The largest absolute Gasteiger partial charge is 0.344 e. The second-order valence-electron chi connectivity index (χ2n) is 4.81. The average molecular weight is 222 g/mol. The van der Waals surface area contributed by atoms with Gasteiger partial charge in [0.15, 0.2) is 5.82 Å². The molecule has 0 amide bonds. The minimum absolute atomic E-state index is 0.0301. The summed E-state index contributed by atoms with van der Waals surface area (Å²) < 4.78 is 1.57. The molecule has 0 aliphatic carbocycles. The van der Waals surface area contributed by atoms with Crippen LogP contribution in [-0.4, -0.2) is 34.7 Å². The summed E-state index contributed by atoms with van der Waals surface area (Å²) in [7, 11) is 1.75. The molecule has 1 aromatic heterocycles. The fourth-order valence-electron chi connectivity index (χ4n) is 2.05. The predicted molar refractivity (Wildman–Crippen MR) is 63.8 cm³/mol. The Hall–Kier alpha value is -1.36. The van der Waals surface area contributed by atoms with Gasteiger partial charge in [-0.25, -0.2) is 4.98 Å². The molecule has 0 aromatic carbocycles. The molecule has 0 saturated carbocycles. The van der Waals surface area contributed by atoms with Crippen molar-refractivity contribution in [2.24, 2.45) is 7.05 Å². The maximum absolute atomic E-state index is 12.0. The Kier molecular flexibility index (Phi) is 2.71. The summed E-state index contributed by atoms with van der Waals surface area (Å²) in [5.74, 6) is 0.552. The van der Waals surface area contributed by atoms with Crippen LogP contribution in [0.15, 0.2) is 17.2 Å². The Morgan fingerprint density at radius 2 is 2.25 bits per heavy atom. The topological polar surface area (TPSA) is 50.2 Å². The zero-order valence-corrected chi connectivity index (χ0v) is 10.0. The quantitative estimate of drug-likeness (QED) is 0.725. The summed E-state index contributed by atoms with van der Waals surface area (Å²) in [4.78, 5) is 18.3. The SMILES string of the molecule is Cn1ccnc(N2CCNCC2(C)C)c1=O. The first-order chi connectivity index (χ1) is 7.52. The summed E-state index contributed by atoms with van der Waals surface area (Å²) in [5.41, 5.74) is -0.101. The first-order valence-corrected chi connectivity index (χ1v) is 5.52. The van der Waals surface area contributed by atoms with E-state index in [1.54, 1.807) is 24.0 Å². The average Bonchev–Trinajstić information content (AvgIpc) is 2.22. The summed E-state index contributed by atoms with van der Waals surface area (Å²) in [6.07, 6.45) is 3.36. The monoisotopic (exact) mass is 222 g/mol. The lowest BCUT2D eigenvalue weighted by atomic mass is 10.0. The number of hydrogen-bond acceptors (Lipinski definition) is 4. The molecule has 5 nitrogen and oxygen atoms in total. The highest BCUT2D eigenvalue weighted by Gasteiger charge is 2.32. The van der Waals surface area contributed by atoms with E-state index >= 15 is 0 Å². The van der Waals surface area contributed by atoms with E-state index in [4.69, 9.17) is 0 Å². The number of piperazine rings is 1. The predicted octanol–water partition coefficient (Wildman–Crippen LogP) is -0.0315. The van der Waals surface area contributed by atoms with Crippen molar-refractivity contribution in [3.8, 4) is 0 Å². The van der Waals surface area contributed by atoms with Gasteiger partial charge in [0, 0.05) is 44.6 Å². The van der Waals surface area contributed by atoms with E-state index in [2.05, 4.69) is 29.0 Å². The summed E-state index contributed by atoms with van der Waals surface area (Å²) in [6.45, 7) is 6.82. The number of hydrogen-bond donors (Lipinski definition) is 1. The van der Waals surface area contributed by atoms with E-state index in [-0.39, 0.29) is 11.1 Å². The zero-order valence-electron chi connectivity index (χ0n) is 10.0. The maximum atomic E-state index is 12.0. The van der Waals surface area contributed by atoms with Gasteiger partial charge in [-0.05, 0) is 13.8 Å². The molecule has 2 heterocycles. The van der Waals surface area contributed by atoms with Gasteiger partial charge < -0.3 is 14.8 Å². The molecule has 1 aromatic rings. The van der Waals surface area contributed by atoms with Crippen molar-refractivity contribution in [1.82, 2.24) is 14.9 Å². The Labute approximate surface area is 95.1 Å². The van der Waals surface area contributed by atoms with Gasteiger partial charge in [-0.1, -0.05) is 0 Å². The van der Waals surface area contributed by atoms with Crippen molar-refractivity contribution in [2.45, 2.75) is 19.4 Å². The Morgan fingerprint density at radius 3 is 2.94 bits per heavy atom. The molecule has 0 unspecified atom stereocenters. The van der Waals surface area contributed by atoms with Gasteiger partial charge in [-0.2, -0.15) is 0 Å². The maximum Gasteiger partial charge on any atom is 0.293 e. The van der Waals surface area contributed by atoms with Crippen molar-refractivity contribution >= 4 is 5.82 Å². The molecule has 1 saturated heterocycles. The van der Waals surface area contributed by atoms with E-state index in [0.29, 0.717) is 5.82 Å². The standard InChI is InChI=1S/C11H18N4O/c1-11(2)8-12-4-7-15(11)9-10(16)14(3)6-5-13-9/h5-6,12H,4,7-8H2,1-3H3. The molecule has 0 spiro atoms. The molecule has 1 N–H and O–H groups in total. The van der Waals surface area contributed by atoms with Crippen molar-refractivity contribution in [3.63, 3.8) is 0 Å². The van der Waals surface area contributed by atoms with Gasteiger partial charge >= 0.3 is 0 Å². The Morgan fingerprint density at radius 1 is 1.50 bits per heavy atom. The van der Waals surface area contributed by atoms with Gasteiger partial charge in [0.2, 0.25) is 0 Å². The van der Waals surface area contributed by atoms with Gasteiger partial charge in [0.05, 0.1) is 0 Å². The van der Waals surface area contributed by atoms with E-state index in [1.165, 1.54) is 0 Å². The third kappa shape index (κ3) is 1.82. The van der Waals surface area contributed by atoms with E-state index in [1.807, 2.05) is 0 Å². The van der Waals surface area contributed by atoms with Gasteiger partial charge in [-0.3, -0.25) is 4.79 Å². The van der Waals surface area contributed by atoms with E-state index < -0.39 is 0 Å². The fraction of sp³-hybridized carbons (Fsp3) is 0.636. The molecule has 16 heavy (non-hydrogen) atoms. The number of aryl methyl sites for hydroxylation is 1. The number of rotatable bonds is 1. The third-order valence-electron chi connectivity index (χ3n) is 3.05. The van der Waals surface area contributed by atoms with Crippen molar-refractivity contribution in [1.29, 1.82) is 0 Å². The first kappa shape index (κ1) is 11.1. The molecule has 1 aliphatic heterocycles. The van der Waals surface area contributed by atoms with Crippen molar-refractivity contribution in [2.75, 3.05) is 24.5 Å². The second-order valence-corrected chi connectivity index (χ2v) is 4.81. The molecule has 0 atom stereocenters.